The van der Waals surface area contributed by atoms with Crippen molar-refractivity contribution in [3.63, 3.8) is 0 Å². The van der Waals surface area contributed by atoms with Gasteiger partial charge in [0.2, 0.25) is 5.91 Å². The largest absolute Gasteiger partial charge is 0.450 e. The third kappa shape index (κ3) is 3.87. The van der Waals surface area contributed by atoms with E-state index in [-0.39, 0.29) is 5.91 Å². The molecule has 3 nitrogen and oxygen atoms in total. The number of hydrogen-bond donors (Lipinski definition) is 1. The van der Waals surface area contributed by atoms with Crippen LogP contribution < -0.4 is 5.32 Å². The third-order valence-corrected chi connectivity index (χ3v) is 2.72. The van der Waals surface area contributed by atoms with Gasteiger partial charge in [-0.3, -0.25) is 4.79 Å². The van der Waals surface area contributed by atoms with Crippen molar-refractivity contribution in [2.75, 3.05) is 5.32 Å². The molecule has 2 aromatic rings. The average Bonchev–Trinajstić information content (AvgIpc) is 2.82. The van der Waals surface area contributed by atoms with Crippen LogP contribution in [0, 0.1) is 12.3 Å². The molecule has 2 rings (SSSR count). The number of furan rings is 1. The van der Waals surface area contributed by atoms with Gasteiger partial charge in [-0.15, -0.1) is 6.42 Å². The Labute approximate surface area is 119 Å². The normalized spacial score (nSPS) is 10.3. The highest BCUT2D eigenvalue weighted by molar-refractivity contribution is 9.10. The maximum Gasteiger partial charge on any atom is 0.248 e. The Morgan fingerprint density at radius 1 is 1.37 bits per heavy atom. The van der Waals surface area contributed by atoms with Gasteiger partial charge in [0.1, 0.15) is 5.76 Å². The second kappa shape index (κ2) is 6.07. The fraction of sp³-hybridized carbons (Fsp3) is 0. The van der Waals surface area contributed by atoms with E-state index in [0.29, 0.717) is 16.1 Å². The molecule has 0 atom stereocenters. The Balaban J connectivity index is 2.01. The summed E-state index contributed by atoms with van der Waals surface area (Å²) in [7, 11) is 0. The molecule has 1 amide bonds. The summed E-state index contributed by atoms with van der Waals surface area (Å²) in [6.45, 7) is 0. The van der Waals surface area contributed by atoms with Gasteiger partial charge in [-0.25, -0.2) is 0 Å². The van der Waals surface area contributed by atoms with Gasteiger partial charge in [0, 0.05) is 17.3 Å². The molecule has 0 bridgehead atoms. The van der Waals surface area contributed by atoms with Crippen LogP contribution in [-0.4, -0.2) is 5.91 Å². The van der Waals surface area contributed by atoms with E-state index >= 15 is 0 Å². The molecular weight excluding hydrogens is 306 g/mol. The number of anilines is 1. The van der Waals surface area contributed by atoms with Crippen LogP contribution in [0.25, 0.3) is 6.08 Å². The first kappa shape index (κ1) is 13.2. The molecule has 1 N–H and O–H groups in total. The quantitative estimate of drug-likeness (QED) is 0.693. The molecule has 0 aliphatic rings. The second-order valence-electron chi connectivity index (χ2n) is 3.69. The van der Waals surface area contributed by atoms with Gasteiger partial charge in [0.05, 0.1) is 0 Å². The Morgan fingerprint density at radius 2 is 2.21 bits per heavy atom. The predicted octanol–water partition coefficient (Wildman–Crippen LogP) is 3.68. The van der Waals surface area contributed by atoms with Crippen LogP contribution in [0.2, 0.25) is 0 Å². The van der Waals surface area contributed by atoms with Gasteiger partial charge in [0.25, 0.3) is 0 Å². The standard InChI is InChI=1S/C15H10BrNO2/c1-2-11-4-3-5-12(10-11)17-15(18)9-7-13-6-8-14(16)19-13/h1,3-10H,(H,17,18). The number of nitrogens with one attached hydrogen (secondary N) is 1. The summed E-state index contributed by atoms with van der Waals surface area (Å²) in [5.41, 5.74) is 1.38. The first-order valence-electron chi connectivity index (χ1n) is 5.48. The van der Waals surface area contributed by atoms with E-state index in [2.05, 4.69) is 27.2 Å². The molecule has 0 saturated carbocycles. The molecule has 1 aromatic carbocycles. The Kier molecular flexibility index (Phi) is 4.22. The molecule has 0 fully saturated rings. The number of carbonyl (C=O) groups is 1. The van der Waals surface area contributed by atoms with Gasteiger partial charge in [-0.05, 0) is 52.3 Å². The predicted molar refractivity (Wildman–Crippen MR) is 78.4 cm³/mol. The van der Waals surface area contributed by atoms with Crippen LogP contribution >= 0.6 is 15.9 Å². The lowest BCUT2D eigenvalue weighted by molar-refractivity contribution is -0.111. The van der Waals surface area contributed by atoms with Gasteiger partial charge in [-0.2, -0.15) is 0 Å². The topological polar surface area (TPSA) is 42.2 Å². The van der Waals surface area contributed by atoms with E-state index in [9.17, 15) is 4.79 Å². The summed E-state index contributed by atoms with van der Waals surface area (Å²) in [5, 5.41) is 2.72. The summed E-state index contributed by atoms with van der Waals surface area (Å²) in [5.74, 6) is 2.86. The maximum atomic E-state index is 11.7. The van der Waals surface area contributed by atoms with Crippen LogP contribution in [0.15, 0.2) is 51.6 Å². The summed E-state index contributed by atoms with van der Waals surface area (Å²) < 4.78 is 5.86. The van der Waals surface area contributed by atoms with E-state index < -0.39 is 0 Å². The lowest BCUT2D eigenvalue weighted by Gasteiger charge is -2.01. The first-order valence-corrected chi connectivity index (χ1v) is 6.28. The van der Waals surface area contributed by atoms with Crippen molar-refractivity contribution in [1.82, 2.24) is 0 Å². The van der Waals surface area contributed by atoms with Crippen LogP contribution in [-0.2, 0) is 4.79 Å². The summed E-state index contributed by atoms with van der Waals surface area (Å²) in [6, 6.07) is 10.6. The summed E-state index contributed by atoms with van der Waals surface area (Å²) in [4.78, 5) is 11.7. The van der Waals surface area contributed by atoms with Crippen LogP contribution in [0.3, 0.4) is 0 Å². The van der Waals surface area contributed by atoms with Crippen molar-refractivity contribution >= 4 is 33.6 Å². The van der Waals surface area contributed by atoms with Crippen molar-refractivity contribution in [2.45, 2.75) is 0 Å². The van der Waals surface area contributed by atoms with Crippen LogP contribution in [0.1, 0.15) is 11.3 Å². The highest BCUT2D eigenvalue weighted by Crippen LogP contribution is 2.15. The zero-order valence-corrected chi connectivity index (χ0v) is 11.5. The van der Waals surface area contributed by atoms with E-state index in [1.807, 2.05) is 0 Å². The minimum atomic E-state index is -0.248. The van der Waals surface area contributed by atoms with Gasteiger partial charge >= 0.3 is 0 Å². The fourth-order valence-corrected chi connectivity index (χ4v) is 1.77. The Morgan fingerprint density at radius 3 is 2.89 bits per heavy atom. The van der Waals surface area contributed by atoms with Gasteiger partial charge in [-0.1, -0.05) is 12.0 Å². The number of terminal acetylenes is 1. The molecular formula is C15H10BrNO2. The molecule has 1 aromatic heterocycles. The monoisotopic (exact) mass is 315 g/mol. The molecule has 0 saturated heterocycles. The lowest BCUT2D eigenvalue weighted by Crippen LogP contribution is -2.07. The number of carbonyl (C=O) groups excluding carboxylic acids is 1. The zero-order chi connectivity index (χ0) is 13.7. The molecule has 0 aliphatic heterocycles. The van der Waals surface area contributed by atoms with E-state index in [4.69, 9.17) is 10.8 Å². The summed E-state index contributed by atoms with van der Waals surface area (Å²) in [6.07, 6.45) is 8.28. The zero-order valence-electron chi connectivity index (χ0n) is 9.89. The fourth-order valence-electron chi connectivity index (χ4n) is 1.45. The highest BCUT2D eigenvalue weighted by Gasteiger charge is 2.00. The van der Waals surface area contributed by atoms with Crippen molar-refractivity contribution in [1.29, 1.82) is 0 Å². The van der Waals surface area contributed by atoms with Crippen molar-refractivity contribution in [2.24, 2.45) is 0 Å². The number of hydrogen-bond acceptors (Lipinski definition) is 2. The minimum Gasteiger partial charge on any atom is -0.450 e. The highest BCUT2D eigenvalue weighted by atomic mass is 79.9. The Hall–Kier alpha value is -2.25. The molecule has 94 valence electrons. The molecule has 0 unspecified atom stereocenters. The van der Waals surface area contributed by atoms with E-state index in [1.54, 1.807) is 42.5 Å². The number of benzene rings is 1. The van der Waals surface area contributed by atoms with Crippen molar-refractivity contribution < 1.29 is 9.21 Å². The molecule has 1 heterocycles. The number of halogens is 1. The van der Waals surface area contributed by atoms with Crippen molar-refractivity contribution in [3.05, 3.63) is 58.5 Å². The lowest BCUT2D eigenvalue weighted by atomic mass is 10.2. The number of amides is 1. The Bertz CT molecular complexity index is 665. The second-order valence-corrected chi connectivity index (χ2v) is 4.47. The molecule has 0 radical (unpaired) electrons. The SMILES string of the molecule is C#Cc1cccc(NC(=O)C=Cc2ccc(Br)o2)c1. The molecule has 0 aliphatic carbocycles. The van der Waals surface area contributed by atoms with E-state index in [0.717, 1.165) is 5.56 Å². The van der Waals surface area contributed by atoms with Crippen molar-refractivity contribution in [3.8, 4) is 12.3 Å². The smallest absolute Gasteiger partial charge is 0.248 e. The van der Waals surface area contributed by atoms with Crippen LogP contribution in [0.4, 0.5) is 5.69 Å². The minimum absolute atomic E-state index is 0.248. The molecule has 19 heavy (non-hydrogen) atoms. The van der Waals surface area contributed by atoms with Gasteiger partial charge in [0.15, 0.2) is 4.67 Å². The van der Waals surface area contributed by atoms with E-state index in [1.165, 1.54) is 6.08 Å². The maximum absolute atomic E-state index is 11.7. The summed E-state index contributed by atoms with van der Waals surface area (Å²) >= 11 is 3.19. The molecule has 4 heteroatoms. The average molecular weight is 316 g/mol. The van der Waals surface area contributed by atoms with Crippen LogP contribution in [0.5, 0.6) is 0 Å². The number of rotatable bonds is 3. The molecule has 0 spiro atoms. The van der Waals surface area contributed by atoms with Gasteiger partial charge < -0.3 is 9.73 Å². The third-order valence-electron chi connectivity index (χ3n) is 2.29. The first-order chi connectivity index (χ1) is 9.17.